The number of esters is 1. The maximum Gasteiger partial charge on any atom is 0.316 e. The highest BCUT2D eigenvalue weighted by Gasteiger charge is 2.19. The predicted octanol–water partition coefficient (Wildman–Crippen LogP) is 2.77. The lowest BCUT2D eigenvalue weighted by Crippen LogP contribution is -2.24. The number of para-hydroxylation sites is 2. The van der Waals surface area contributed by atoms with Crippen LogP contribution in [0.2, 0.25) is 0 Å². The molecule has 0 unspecified atom stereocenters. The monoisotopic (exact) mass is 471 g/mol. The standard InChI is InChI=1S/C21H21N5O6S/c1-3-32-19(27)13-33-21-24-23-18(25(21)16-6-4-5-7-17(16)31-2)12-22-20(28)14-8-10-15(11-9-14)26(29)30/h4-11H,3,12-13H2,1-2H3,(H,22,28). The minimum atomic E-state index is -0.535. The molecule has 0 radical (unpaired) electrons. The van der Waals surface area contributed by atoms with Crippen molar-refractivity contribution in [2.75, 3.05) is 19.5 Å². The van der Waals surface area contributed by atoms with Crippen LogP contribution in [0.3, 0.4) is 0 Å². The summed E-state index contributed by atoms with van der Waals surface area (Å²) in [5.41, 5.74) is 0.794. The van der Waals surface area contributed by atoms with Gasteiger partial charge in [0.25, 0.3) is 11.6 Å². The molecule has 0 aliphatic heterocycles. The largest absolute Gasteiger partial charge is 0.495 e. The average molecular weight is 471 g/mol. The minimum Gasteiger partial charge on any atom is -0.495 e. The van der Waals surface area contributed by atoms with Crippen molar-refractivity contribution in [3.05, 3.63) is 70.0 Å². The van der Waals surface area contributed by atoms with E-state index in [2.05, 4.69) is 15.5 Å². The normalized spacial score (nSPS) is 10.5. The highest BCUT2D eigenvalue weighted by atomic mass is 32.2. The Bertz CT molecular complexity index is 1150. The van der Waals surface area contributed by atoms with Crippen LogP contribution in [0.25, 0.3) is 5.69 Å². The maximum absolute atomic E-state index is 12.5. The maximum atomic E-state index is 12.5. The van der Waals surface area contributed by atoms with Gasteiger partial charge in [-0.1, -0.05) is 23.9 Å². The molecule has 2 aromatic carbocycles. The van der Waals surface area contributed by atoms with Crippen LogP contribution in [0.1, 0.15) is 23.1 Å². The third-order valence-electron chi connectivity index (χ3n) is 4.40. The van der Waals surface area contributed by atoms with Crippen molar-refractivity contribution in [3.8, 4) is 11.4 Å². The van der Waals surface area contributed by atoms with Gasteiger partial charge in [0.05, 0.1) is 36.6 Å². The molecule has 1 amide bonds. The molecule has 0 atom stereocenters. The number of nitro groups is 1. The summed E-state index contributed by atoms with van der Waals surface area (Å²) in [6.45, 7) is 2.02. The van der Waals surface area contributed by atoms with Crippen molar-refractivity contribution in [2.24, 2.45) is 0 Å². The highest BCUT2D eigenvalue weighted by Crippen LogP contribution is 2.28. The molecular weight excluding hydrogens is 450 g/mol. The van der Waals surface area contributed by atoms with E-state index in [1.165, 1.54) is 31.4 Å². The van der Waals surface area contributed by atoms with Crippen LogP contribution >= 0.6 is 11.8 Å². The Balaban J connectivity index is 1.84. The molecule has 0 aliphatic rings. The molecule has 3 rings (SSSR count). The van der Waals surface area contributed by atoms with Gasteiger partial charge < -0.3 is 14.8 Å². The number of carbonyl (C=O) groups excluding carboxylic acids is 2. The summed E-state index contributed by atoms with van der Waals surface area (Å²) < 4.78 is 12.1. The Morgan fingerprint density at radius 1 is 1.15 bits per heavy atom. The first-order chi connectivity index (χ1) is 15.9. The van der Waals surface area contributed by atoms with Crippen molar-refractivity contribution < 1.29 is 24.0 Å². The van der Waals surface area contributed by atoms with Crippen molar-refractivity contribution in [2.45, 2.75) is 18.6 Å². The van der Waals surface area contributed by atoms with Gasteiger partial charge in [0.1, 0.15) is 5.75 Å². The fourth-order valence-electron chi connectivity index (χ4n) is 2.89. The molecule has 172 valence electrons. The van der Waals surface area contributed by atoms with E-state index in [4.69, 9.17) is 9.47 Å². The van der Waals surface area contributed by atoms with Crippen molar-refractivity contribution in [1.82, 2.24) is 20.1 Å². The Hall–Kier alpha value is -3.93. The van der Waals surface area contributed by atoms with Crippen molar-refractivity contribution in [3.63, 3.8) is 0 Å². The summed E-state index contributed by atoms with van der Waals surface area (Å²) in [5.74, 6) is 0.181. The van der Waals surface area contributed by atoms with Gasteiger partial charge >= 0.3 is 5.97 Å². The van der Waals surface area contributed by atoms with Gasteiger partial charge in [-0.15, -0.1) is 10.2 Å². The minimum absolute atomic E-state index is 0.0147. The number of thioether (sulfide) groups is 1. The molecule has 1 aromatic heterocycles. The van der Waals surface area contributed by atoms with Crippen molar-refractivity contribution in [1.29, 1.82) is 0 Å². The molecule has 12 heteroatoms. The average Bonchev–Trinajstić information content (AvgIpc) is 3.23. The number of non-ortho nitro benzene ring substituents is 1. The summed E-state index contributed by atoms with van der Waals surface area (Å²) in [6.07, 6.45) is 0. The first-order valence-electron chi connectivity index (χ1n) is 9.83. The molecule has 3 aromatic rings. The van der Waals surface area contributed by atoms with Gasteiger partial charge in [-0.2, -0.15) is 0 Å². The van der Waals surface area contributed by atoms with Crippen LogP contribution in [-0.4, -0.2) is 51.0 Å². The zero-order valence-corrected chi connectivity index (χ0v) is 18.7. The molecule has 0 bridgehead atoms. The topological polar surface area (TPSA) is 138 Å². The first-order valence-corrected chi connectivity index (χ1v) is 10.8. The Morgan fingerprint density at radius 2 is 1.88 bits per heavy atom. The van der Waals surface area contributed by atoms with E-state index < -0.39 is 10.8 Å². The van der Waals surface area contributed by atoms with Gasteiger partial charge in [-0.05, 0) is 31.2 Å². The Morgan fingerprint density at radius 3 is 2.55 bits per heavy atom. The summed E-state index contributed by atoms with van der Waals surface area (Å²) in [5, 5.41) is 22.3. The predicted molar refractivity (Wildman–Crippen MR) is 120 cm³/mol. The van der Waals surface area contributed by atoms with Gasteiger partial charge in [-0.3, -0.25) is 24.3 Å². The number of amides is 1. The Kier molecular flexibility index (Phi) is 7.97. The number of hydrogen-bond donors (Lipinski definition) is 1. The number of benzene rings is 2. The second-order valence-corrected chi connectivity index (χ2v) is 7.43. The fraction of sp³-hybridized carbons (Fsp3) is 0.238. The SMILES string of the molecule is CCOC(=O)CSc1nnc(CNC(=O)c2ccc([N+](=O)[O-])cc2)n1-c1ccccc1OC. The van der Waals surface area contributed by atoms with E-state index in [0.717, 1.165) is 11.8 Å². The molecule has 11 nitrogen and oxygen atoms in total. The van der Waals surface area contributed by atoms with Crippen LogP contribution in [0.15, 0.2) is 53.7 Å². The molecular formula is C21H21N5O6S. The van der Waals surface area contributed by atoms with Gasteiger partial charge in [0, 0.05) is 17.7 Å². The molecule has 1 heterocycles. The fourth-order valence-corrected chi connectivity index (χ4v) is 3.65. The summed E-state index contributed by atoms with van der Waals surface area (Å²) >= 11 is 1.15. The lowest BCUT2D eigenvalue weighted by Gasteiger charge is -2.14. The van der Waals surface area contributed by atoms with Gasteiger partial charge in [-0.25, -0.2) is 0 Å². The number of nitrogens with one attached hydrogen (secondary N) is 1. The molecule has 33 heavy (non-hydrogen) atoms. The van der Waals surface area contributed by atoms with E-state index in [1.54, 1.807) is 23.6 Å². The third kappa shape index (κ3) is 5.86. The van der Waals surface area contributed by atoms with E-state index in [1.807, 2.05) is 12.1 Å². The number of nitrogens with zero attached hydrogens (tertiary/aromatic N) is 4. The van der Waals surface area contributed by atoms with E-state index in [0.29, 0.717) is 22.4 Å². The number of ether oxygens (including phenoxy) is 2. The zero-order chi connectivity index (χ0) is 23.8. The van der Waals surface area contributed by atoms with E-state index >= 15 is 0 Å². The van der Waals surface area contributed by atoms with Crippen LogP contribution < -0.4 is 10.1 Å². The summed E-state index contributed by atoms with van der Waals surface area (Å²) in [7, 11) is 1.53. The van der Waals surface area contributed by atoms with Crippen LogP contribution in [0.5, 0.6) is 5.75 Å². The third-order valence-corrected chi connectivity index (χ3v) is 5.30. The lowest BCUT2D eigenvalue weighted by atomic mass is 10.2. The zero-order valence-electron chi connectivity index (χ0n) is 17.9. The van der Waals surface area contributed by atoms with Crippen LogP contribution in [0.4, 0.5) is 5.69 Å². The van der Waals surface area contributed by atoms with Gasteiger partial charge in [0.2, 0.25) is 0 Å². The van der Waals surface area contributed by atoms with E-state index in [9.17, 15) is 19.7 Å². The summed E-state index contributed by atoms with van der Waals surface area (Å²) in [4.78, 5) is 34.6. The Labute approximate surface area is 193 Å². The van der Waals surface area contributed by atoms with Crippen LogP contribution in [0, 0.1) is 10.1 Å². The quantitative estimate of drug-likeness (QED) is 0.205. The second-order valence-electron chi connectivity index (χ2n) is 6.49. The lowest BCUT2D eigenvalue weighted by molar-refractivity contribution is -0.384. The number of aromatic nitrogens is 3. The number of rotatable bonds is 10. The van der Waals surface area contributed by atoms with E-state index in [-0.39, 0.29) is 36.1 Å². The molecule has 0 saturated heterocycles. The molecule has 0 aliphatic carbocycles. The second kappa shape index (κ2) is 11.1. The van der Waals surface area contributed by atoms with Crippen LogP contribution in [-0.2, 0) is 16.1 Å². The molecule has 0 spiro atoms. The highest BCUT2D eigenvalue weighted by molar-refractivity contribution is 7.99. The van der Waals surface area contributed by atoms with Gasteiger partial charge in [0.15, 0.2) is 11.0 Å². The number of nitro benzene ring substituents is 1. The number of methoxy groups -OCH3 is 1. The molecule has 0 saturated carbocycles. The number of carbonyl (C=O) groups is 2. The first kappa shape index (κ1) is 23.7. The molecule has 1 N–H and O–H groups in total. The molecule has 0 fully saturated rings. The summed E-state index contributed by atoms with van der Waals surface area (Å²) in [6, 6.07) is 12.5. The number of hydrogen-bond acceptors (Lipinski definition) is 9. The smallest absolute Gasteiger partial charge is 0.316 e. The van der Waals surface area contributed by atoms with Crippen molar-refractivity contribution >= 4 is 29.3 Å².